The first kappa shape index (κ1) is 15.6. The lowest BCUT2D eigenvalue weighted by Crippen LogP contribution is -2.29. The number of amides is 1. The zero-order valence-electron chi connectivity index (χ0n) is 11.0. The van der Waals surface area contributed by atoms with Gasteiger partial charge in [-0.15, -0.1) is 0 Å². The third-order valence-corrected chi connectivity index (χ3v) is 3.20. The molecule has 19 heavy (non-hydrogen) atoms. The Morgan fingerprint density at radius 2 is 2.26 bits per heavy atom. The van der Waals surface area contributed by atoms with Crippen molar-refractivity contribution in [1.29, 1.82) is 0 Å². The maximum Gasteiger partial charge on any atom is 0.283 e. The molecule has 3 N–H and O–H groups in total. The third kappa shape index (κ3) is 4.99. The first-order valence-electron chi connectivity index (χ1n) is 5.84. The lowest BCUT2D eigenvalue weighted by molar-refractivity contribution is -0.117. The van der Waals surface area contributed by atoms with Gasteiger partial charge in [0.1, 0.15) is 4.47 Å². The number of anilines is 1. The maximum absolute atomic E-state index is 12.0. The minimum Gasteiger partial charge on any atom is -0.382 e. The SMILES string of the molecule is CN(C)CCn1ncc(NCCC(N)=O)c(Br)c1=O. The van der Waals surface area contributed by atoms with E-state index in [0.29, 0.717) is 23.2 Å². The Balaban J connectivity index is 2.74. The van der Waals surface area contributed by atoms with Crippen LogP contribution in [0.5, 0.6) is 0 Å². The van der Waals surface area contributed by atoms with Gasteiger partial charge in [0.2, 0.25) is 5.91 Å². The van der Waals surface area contributed by atoms with Gasteiger partial charge >= 0.3 is 0 Å². The molecule has 106 valence electrons. The van der Waals surface area contributed by atoms with Gasteiger partial charge in [-0.1, -0.05) is 0 Å². The fourth-order valence-corrected chi connectivity index (χ4v) is 1.81. The molecule has 1 aromatic rings. The van der Waals surface area contributed by atoms with Crippen LogP contribution in [0.1, 0.15) is 6.42 Å². The lowest BCUT2D eigenvalue weighted by atomic mass is 10.4. The molecule has 0 radical (unpaired) electrons. The van der Waals surface area contributed by atoms with E-state index in [1.165, 1.54) is 4.68 Å². The molecule has 0 bridgehead atoms. The van der Waals surface area contributed by atoms with Crippen LogP contribution in [-0.4, -0.2) is 47.8 Å². The number of nitrogens with one attached hydrogen (secondary N) is 1. The van der Waals surface area contributed by atoms with Crippen LogP contribution < -0.4 is 16.6 Å². The Morgan fingerprint density at radius 1 is 1.58 bits per heavy atom. The van der Waals surface area contributed by atoms with Crippen LogP contribution in [0, 0.1) is 0 Å². The molecule has 0 aliphatic rings. The summed E-state index contributed by atoms with van der Waals surface area (Å²) in [4.78, 5) is 24.6. The lowest BCUT2D eigenvalue weighted by Gasteiger charge is -2.12. The summed E-state index contributed by atoms with van der Waals surface area (Å²) in [6, 6.07) is 0. The minimum absolute atomic E-state index is 0.203. The number of carbonyl (C=O) groups excluding carboxylic acids is 1. The van der Waals surface area contributed by atoms with Crippen molar-refractivity contribution in [2.75, 3.05) is 32.5 Å². The molecule has 1 heterocycles. The smallest absolute Gasteiger partial charge is 0.283 e. The second-order valence-corrected chi connectivity index (χ2v) is 5.14. The van der Waals surface area contributed by atoms with Crippen molar-refractivity contribution in [3.05, 3.63) is 21.0 Å². The number of hydrogen-bond acceptors (Lipinski definition) is 5. The van der Waals surface area contributed by atoms with Crippen LogP contribution >= 0.6 is 15.9 Å². The molecule has 0 atom stereocenters. The number of likely N-dealkylation sites (N-methyl/N-ethyl adjacent to an activating group) is 1. The van der Waals surface area contributed by atoms with E-state index in [4.69, 9.17) is 5.73 Å². The number of halogens is 1. The summed E-state index contributed by atoms with van der Waals surface area (Å²) in [7, 11) is 3.86. The Labute approximate surface area is 119 Å². The predicted molar refractivity (Wildman–Crippen MR) is 77.1 cm³/mol. The molecule has 0 saturated heterocycles. The second kappa shape index (κ2) is 7.25. The van der Waals surface area contributed by atoms with Crippen molar-refractivity contribution in [2.45, 2.75) is 13.0 Å². The summed E-state index contributed by atoms with van der Waals surface area (Å²) in [5.74, 6) is -0.393. The number of primary amides is 1. The summed E-state index contributed by atoms with van der Waals surface area (Å²) in [5.41, 5.74) is 5.40. The molecular formula is C11H18BrN5O2. The van der Waals surface area contributed by atoms with Crippen molar-refractivity contribution in [3.63, 3.8) is 0 Å². The van der Waals surface area contributed by atoms with Crippen molar-refractivity contribution in [1.82, 2.24) is 14.7 Å². The van der Waals surface area contributed by atoms with E-state index >= 15 is 0 Å². The molecule has 8 heteroatoms. The van der Waals surface area contributed by atoms with Gasteiger partial charge in [0, 0.05) is 19.5 Å². The molecular weight excluding hydrogens is 314 g/mol. The molecule has 0 saturated carbocycles. The first-order valence-corrected chi connectivity index (χ1v) is 6.63. The van der Waals surface area contributed by atoms with Gasteiger partial charge in [-0.25, -0.2) is 4.68 Å². The van der Waals surface area contributed by atoms with E-state index in [1.807, 2.05) is 19.0 Å². The van der Waals surface area contributed by atoms with Crippen LogP contribution in [0.25, 0.3) is 0 Å². The van der Waals surface area contributed by atoms with Gasteiger partial charge in [0.15, 0.2) is 0 Å². The van der Waals surface area contributed by atoms with Crippen LogP contribution in [0.3, 0.4) is 0 Å². The average Bonchev–Trinajstić information content (AvgIpc) is 2.33. The van der Waals surface area contributed by atoms with Crippen LogP contribution in [0.4, 0.5) is 5.69 Å². The highest BCUT2D eigenvalue weighted by atomic mass is 79.9. The summed E-state index contributed by atoms with van der Waals surface area (Å²) >= 11 is 3.24. The number of aromatic nitrogens is 2. The molecule has 0 aliphatic carbocycles. The van der Waals surface area contributed by atoms with Gasteiger partial charge in [-0.3, -0.25) is 9.59 Å². The van der Waals surface area contributed by atoms with Gasteiger partial charge in [0.05, 0.1) is 18.4 Å². The average molecular weight is 332 g/mol. The molecule has 1 aromatic heterocycles. The van der Waals surface area contributed by atoms with E-state index in [1.54, 1.807) is 6.20 Å². The van der Waals surface area contributed by atoms with E-state index in [9.17, 15) is 9.59 Å². The maximum atomic E-state index is 12.0. The van der Waals surface area contributed by atoms with Crippen molar-refractivity contribution in [2.24, 2.45) is 5.73 Å². The monoisotopic (exact) mass is 331 g/mol. The normalized spacial score (nSPS) is 10.7. The number of nitrogens with zero attached hydrogens (tertiary/aromatic N) is 3. The summed E-state index contributed by atoms with van der Waals surface area (Å²) in [6.07, 6.45) is 1.76. The van der Waals surface area contributed by atoms with Crippen LogP contribution in [0.15, 0.2) is 15.5 Å². The predicted octanol–water partition coefficient (Wildman–Crippen LogP) is -0.145. The Bertz CT molecular complexity index is 500. The highest BCUT2D eigenvalue weighted by Crippen LogP contribution is 2.15. The van der Waals surface area contributed by atoms with E-state index < -0.39 is 5.91 Å². The van der Waals surface area contributed by atoms with Gasteiger partial charge in [-0.05, 0) is 30.0 Å². The summed E-state index contributed by atoms with van der Waals surface area (Å²) in [6.45, 7) is 1.62. The van der Waals surface area contributed by atoms with Gasteiger partial charge in [0.25, 0.3) is 5.56 Å². The fraction of sp³-hybridized carbons (Fsp3) is 0.545. The topological polar surface area (TPSA) is 93.2 Å². The molecule has 0 fully saturated rings. The summed E-state index contributed by atoms with van der Waals surface area (Å²) < 4.78 is 1.80. The Kier molecular flexibility index (Phi) is 5.97. The molecule has 1 rings (SSSR count). The van der Waals surface area contributed by atoms with Crippen LogP contribution in [0.2, 0.25) is 0 Å². The van der Waals surface area contributed by atoms with Gasteiger partial charge in [-0.2, -0.15) is 5.10 Å². The van der Waals surface area contributed by atoms with Crippen molar-refractivity contribution >= 4 is 27.5 Å². The highest BCUT2D eigenvalue weighted by molar-refractivity contribution is 9.10. The molecule has 0 aromatic carbocycles. The molecule has 0 unspecified atom stereocenters. The zero-order valence-corrected chi connectivity index (χ0v) is 12.6. The second-order valence-electron chi connectivity index (χ2n) is 4.35. The van der Waals surface area contributed by atoms with E-state index in [0.717, 1.165) is 6.54 Å². The standard InChI is InChI=1S/C11H18BrN5O2/c1-16(2)5-6-17-11(19)10(12)8(7-15-17)14-4-3-9(13)18/h7,14H,3-6H2,1-2H3,(H2,13,18). The number of nitrogens with two attached hydrogens (primary N) is 1. The highest BCUT2D eigenvalue weighted by Gasteiger charge is 2.08. The van der Waals surface area contributed by atoms with Crippen molar-refractivity contribution < 1.29 is 4.79 Å². The molecule has 0 aliphatic heterocycles. The zero-order chi connectivity index (χ0) is 14.4. The number of hydrogen-bond donors (Lipinski definition) is 2. The Hall–Kier alpha value is -1.41. The van der Waals surface area contributed by atoms with Crippen molar-refractivity contribution in [3.8, 4) is 0 Å². The number of carbonyl (C=O) groups is 1. The van der Waals surface area contributed by atoms with E-state index in [-0.39, 0.29) is 12.0 Å². The molecule has 1 amide bonds. The Morgan fingerprint density at radius 3 is 2.84 bits per heavy atom. The quantitative estimate of drug-likeness (QED) is 0.725. The minimum atomic E-state index is -0.393. The number of rotatable bonds is 7. The first-order chi connectivity index (χ1) is 8.91. The summed E-state index contributed by atoms with van der Waals surface area (Å²) in [5, 5.41) is 7.02. The fourth-order valence-electron chi connectivity index (χ4n) is 1.36. The largest absolute Gasteiger partial charge is 0.382 e. The van der Waals surface area contributed by atoms with Crippen LogP contribution in [-0.2, 0) is 11.3 Å². The molecule has 0 spiro atoms. The van der Waals surface area contributed by atoms with Gasteiger partial charge < -0.3 is 16.0 Å². The third-order valence-electron chi connectivity index (χ3n) is 2.43. The molecule has 7 nitrogen and oxygen atoms in total. The van der Waals surface area contributed by atoms with E-state index in [2.05, 4.69) is 26.3 Å².